The summed E-state index contributed by atoms with van der Waals surface area (Å²) in [5.74, 6) is 1.01. The van der Waals surface area contributed by atoms with E-state index in [0.717, 1.165) is 5.92 Å². The number of piperazine rings is 1. The van der Waals surface area contributed by atoms with E-state index in [9.17, 15) is 0 Å². The first-order valence-corrected chi connectivity index (χ1v) is 7.60. The molecule has 1 N–H and O–H groups in total. The summed E-state index contributed by atoms with van der Waals surface area (Å²) in [7, 11) is 0. The van der Waals surface area contributed by atoms with Crippen molar-refractivity contribution in [3.8, 4) is 0 Å². The van der Waals surface area contributed by atoms with Crippen LogP contribution in [0.4, 0.5) is 0 Å². The van der Waals surface area contributed by atoms with Crippen molar-refractivity contribution in [3.05, 3.63) is 0 Å². The molecule has 0 radical (unpaired) electrons. The summed E-state index contributed by atoms with van der Waals surface area (Å²) in [6, 6.07) is 0. The van der Waals surface area contributed by atoms with Crippen LogP contribution in [-0.4, -0.2) is 35.6 Å². The van der Waals surface area contributed by atoms with Crippen LogP contribution in [0.15, 0.2) is 0 Å². The molecule has 1 heterocycles. The minimum absolute atomic E-state index is 0.365. The fourth-order valence-electron chi connectivity index (χ4n) is 3.84. The highest BCUT2D eigenvalue weighted by Gasteiger charge is 2.44. The summed E-state index contributed by atoms with van der Waals surface area (Å²) >= 11 is 0. The van der Waals surface area contributed by atoms with E-state index in [1.165, 1.54) is 64.6 Å². The SMILES string of the molecule is CC1(C)CNC2(CCCC2)CN1CC1CCC1. The van der Waals surface area contributed by atoms with Crippen LogP contribution >= 0.6 is 0 Å². The van der Waals surface area contributed by atoms with Crippen LogP contribution < -0.4 is 5.32 Å². The van der Waals surface area contributed by atoms with E-state index in [0.29, 0.717) is 11.1 Å². The summed E-state index contributed by atoms with van der Waals surface area (Å²) in [5, 5.41) is 3.88. The lowest BCUT2D eigenvalue weighted by Gasteiger charge is -2.52. The van der Waals surface area contributed by atoms with Crippen LogP contribution in [0.5, 0.6) is 0 Å². The zero-order valence-electron chi connectivity index (χ0n) is 11.6. The second-order valence-corrected chi connectivity index (χ2v) is 7.33. The first kappa shape index (κ1) is 12.0. The van der Waals surface area contributed by atoms with Crippen molar-refractivity contribution in [3.63, 3.8) is 0 Å². The van der Waals surface area contributed by atoms with Gasteiger partial charge in [0.05, 0.1) is 0 Å². The summed E-state index contributed by atoms with van der Waals surface area (Å²) in [5.41, 5.74) is 0.850. The van der Waals surface area contributed by atoms with Crippen molar-refractivity contribution in [2.75, 3.05) is 19.6 Å². The average Bonchev–Trinajstić information content (AvgIpc) is 2.66. The molecule has 98 valence electrons. The predicted molar refractivity (Wildman–Crippen MR) is 72.2 cm³/mol. The molecule has 17 heavy (non-hydrogen) atoms. The van der Waals surface area contributed by atoms with Gasteiger partial charge in [-0.1, -0.05) is 19.3 Å². The Kier molecular flexibility index (Phi) is 2.99. The van der Waals surface area contributed by atoms with Gasteiger partial charge in [0.15, 0.2) is 0 Å². The van der Waals surface area contributed by atoms with Crippen molar-refractivity contribution in [1.82, 2.24) is 10.2 Å². The van der Waals surface area contributed by atoms with Gasteiger partial charge in [0.25, 0.3) is 0 Å². The monoisotopic (exact) mass is 236 g/mol. The molecule has 2 saturated carbocycles. The molecule has 0 atom stereocenters. The van der Waals surface area contributed by atoms with Crippen LogP contribution in [0, 0.1) is 5.92 Å². The average molecular weight is 236 g/mol. The zero-order valence-corrected chi connectivity index (χ0v) is 11.6. The van der Waals surface area contributed by atoms with Gasteiger partial charge in [-0.25, -0.2) is 0 Å². The van der Waals surface area contributed by atoms with Gasteiger partial charge in [-0.2, -0.15) is 0 Å². The lowest BCUT2D eigenvalue weighted by Crippen LogP contribution is -2.68. The quantitative estimate of drug-likeness (QED) is 0.793. The van der Waals surface area contributed by atoms with Gasteiger partial charge in [-0.05, 0) is 45.4 Å². The molecule has 0 unspecified atom stereocenters. The van der Waals surface area contributed by atoms with E-state index < -0.39 is 0 Å². The van der Waals surface area contributed by atoms with Gasteiger partial charge < -0.3 is 5.32 Å². The molecule has 1 aliphatic heterocycles. The second kappa shape index (κ2) is 4.24. The maximum absolute atomic E-state index is 3.88. The Morgan fingerprint density at radius 1 is 1.12 bits per heavy atom. The number of hydrogen-bond donors (Lipinski definition) is 1. The van der Waals surface area contributed by atoms with Crippen molar-refractivity contribution in [1.29, 1.82) is 0 Å². The summed E-state index contributed by atoms with van der Waals surface area (Å²) in [6.45, 7) is 8.67. The van der Waals surface area contributed by atoms with Crippen molar-refractivity contribution >= 4 is 0 Å². The highest BCUT2D eigenvalue weighted by Crippen LogP contribution is 2.37. The Morgan fingerprint density at radius 2 is 1.82 bits per heavy atom. The number of rotatable bonds is 2. The predicted octanol–water partition coefficient (Wildman–Crippen LogP) is 2.78. The van der Waals surface area contributed by atoms with E-state index in [2.05, 4.69) is 24.1 Å². The largest absolute Gasteiger partial charge is 0.308 e. The Morgan fingerprint density at radius 3 is 2.41 bits per heavy atom. The molecule has 0 bridgehead atoms. The third kappa shape index (κ3) is 2.26. The van der Waals surface area contributed by atoms with E-state index in [-0.39, 0.29) is 0 Å². The minimum Gasteiger partial charge on any atom is -0.308 e. The molecule has 2 heteroatoms. The zero-order chi connectivity index (χ0) is 11.9. The van der Waals surface area contributed by atoms with Crippen molar-refractivity contribution < 1.29 is 0 Å². The minimum atomic E-state index is 0.365. The molecule has 1 spiro atoms. The molecule has 0 aromatic heterocycles. The molecular formula is C15H28N2. The van der Waals surface area contributed by atoms with Gasteiger partial charge >= 0.3 is 0 Å². The number of nitrogens with one attached hydrogen (secondary N) is 1. The third-order valence-electron chi connectivity index (χ3n) is 5.51. The van der Waals surface area contributed by atoms with Gasteiger partial charge in [0.2, 0.25) is 0 Å². The van der Waals surface area contributed by atoms with E-state index in [4.69, 9.17) is 0 Å². The van der Waals surface area contributed by atoms with Gasteiger partial charge in [-0.15, -0.1) is 0 Å². The van der Waals surface area contributed by atoms with Gasteiger partial charge in [0, 0.05) is 30.7 Å². The molecule has 1 saturated heterocycles. The lowest BCUT2D eigenvalue weighted by molar-refractivity contribution is 0.00641. The smallest absolute Gasteiger partial charge is 0.0309 e. The fraction of sp³-hybridized carbons (Fsp3) is 1.00. The van der Waals surface area contributed by atoms with Crippen LogP contribution in [0.1, 0.15) is 58.8 Å². The third-order valence-corrected chi connectivity index (χ3v) is 5.51. The van der Waals surface area contributed by atoms with Crippen LogP contribution in [-0.2, 0) is 0 Å². The first-order valence-electron chi connectivity index (χ1n) is 7.60. The molecule has 3 fully saturated rings. The Balaban J connectivity index is 1.68. The molecule has 0 aromatic rings. The molecule has 3 aliphatic rings. The summed E-state index contributed by atoms with van der Waals surface area (Å²) in [6.07, 6.45) is 10.1. The fourth-order valence-corrected chi connectivity index (χ4v) is 3.84. The van der Waals surface area contributed by atoms with E-state index >= 15 is 0 Å². The highest BCUT2D eigenvalue weighted by molar-refractivity contribution is 5.04. The maximum atomic E-state index is 3.88. The van der Waals surface area contributed by atoms with Gasteiger partial charge in [-0.3, -0.25) is 4.90 Å². The summed E-state index contributed by atoms with van der Waals surface area (Å²) < 4.78 is 0. The van der Waals surface area contributed by atoms with E-state index in [1.807, 2.05) is 0 Å². The van der Waals surface area contributed by atoms with Crippen LogP contribution in [0.2, 0.25) is 0 Å². The Labute approximate surface area is 106 Å². The second-order valence-electron chi connectivity index (χ2n) is 7.33. The molecule has 0 amide bonds. The summed E-state index contributed by atoms with van der Waals surface area (Å²) in [4.78, 5) is 2.80. The lowest BCUT2D eigenvalue weighted by atomic mass is 9.81. The first-order chi connectivity index (χ1) is 8.10. The van der Waals surface area contributed by atoms with Gasteiger partial charge in [0.1, 0.15) is 0 Å². The maximum Gasteiger partial charge on any atom is 0.0309 e. The number of nitrogens with zero attached hydrogens (tertiary/aromatic N) is 1. The standard InChI is InChI=1S/C15H28N2/c1-14(2)11-16-15(8-3-4-9-15)12-17(14)10-13-6-5-7-13/h13,16H,3-12H2,1-2H3. The Bertz CT molecular complexity index is 275. The highest BCUT2D eigenvalue weighted by atomic mass is 15.3. The molecule has 0 aromatic carbocycles. The molecule has 2 aliphatic carbocycles. The van der Waals surface area contributed by atoms with Crippen LogP contribution in [0.3, 0.4) is 0 Å². The van der Waals surface area contributed by atoms with Crippen molar-refractivity contribution in [2.45, 2.75) is 69.9 Å². The number of hydrogen-bond acceptors (Lipinski definition) is 2. The van der Waals surface area contributed by atoms with Crippen molar-refractivity contribution in [2.24, 2.45) is 5.92 Å². The Hall–Kier alpha value is -0.0800. The molecule has 3 rings (SSSR count). The molecule has 2 nitrogen and oxygen atoms in total. The van der Waals surface area contributed by atoms with Crippen LogP contribution in [0.25, 0.3) is 0 Å². The van der Waals surface area contributed by atoms with E-state index in [1.54, 1.807) is 0 Å². The topological polar surface area (TPSA) is 15.3 Å². The molecular weight excluding hydrogens is 208 g/mol. The normalized spacial score (nSPS) is 32.8.